The van der Waals surface area contributed by atoms with Gasteiger partial charge in [0.1, 0.15) is 19.3 Å². The summed E-state index contributed by atoms with van der Waals surface area (Å²) in [5.41, 5.74) is 0. The summed E-state index contributed by atoms with van der Waals surface area (Å²) in [7, 11) is -9.90. The highest BCUT2D eigenvalue weighted by atomic mass is 31.2. The molecule has 17 nitrogen and oxygen atoms in total. The first-order chi connectivity index (χ1) is 43.2. The molecule has 0 radical (unpaired) electrons. The number of aliphatic hydroxyl groups excluding tert-OH is 1. The van der Waals surface area contributed by atoms with Gasteiger partial charge in [-0.25, -0.2) is 9.13 Å². The first kappa shape index (κ1) is 88.1. The standard InChI is InChI=1S/C71H138O17P2/c1-9-63(7)49-41-33-24-19-21-26-35-43-51-68(73)81-57-66(88-71(76)54-46-38-28-22-20-25-34-42-50-64(8)10-2)59-85-89(77,78)83-55-65(72)56-84-90(79,80)86-60-67(58-82-69(74)52-44-36-30-29-32-40-48-62(5)6)87-70(75)53-45-37-27-18-16-14-12-11-13-15-17-23-31-39-47-61(3)4/h61-67,72H,9-60H2,1-8H3,(H,77,78)(H,79,80)/t63?,64?,65-,66-,67-/m1/s1. The summed E-state index contributed by atoms with van der Waals surface area (Å²) in [5, 5.41) is 10.6. The van der Waals surface area contributed by atoms with E-state index in [2.05, 4.69) is 55.4 Å². The zero-order chi connectivity index (χ0) is 66.8. The minimum atomic E-state index is -4.95. The summed E-state index contributed by atoms with van der Waals surface area (Å²) in [5.74, 6) is 0.891. The fraction of sp³-hybridized carbons (Fsp3) is 0.944. The Balaban J connectivity index is 5.23. The number of rotatable bonds is 68. The lowest BCUT2D eigenvalue weighted by atomic mass is 9.99. The molecule has 0 fully saturated rings. The van der Waals surface area contributed by atoms with Crippen LogP contribution in [0, 0.1) is 23.7 Å². The van der Waals surface area contributed by atoms with E-state index in [0.29, 0.717) is 31.6 Å². The van der Waals surface area contributed by atoms with Crippen LogP contribution in [0.3, 0.4) is 0 Å². The van der Waals surface area contributed by atoms with Crippen molar-refractivity contribution in [3.63, 3.8) is 0 Å². The molecule has 0 aliphatic rings. The highest BCUT2D eigenvalue weighted by Crippen LogP contribution is 2.45. The zero-order valence-electron chi connectivity index (χ0n) is 58.8. The highest BCUT2D eigenvalue weighted by Gasteiger charge is 2.30. The lowest BCUT2D eigenvalue weighted by molar-refractivity contribution is -0.161. The van der Waals surface area contributed by atoms with Gasteiger partial charge < -0.3 is 33.8 Å². The van der Waals surface area contributed by atoms with Crippen LogP contribution < -0.4 is 0 Å². The van der Waals surface area contributed by atoms with E-state index in [9.17, 15) is 43.2 Å². The van der Waals surface area contributed by atoms with E-state index in [0.717, 1.165) is 114 Å². The first-order valence-electron chi connectivity index (χ1n) is 36.8. The van der Waals surface area contributed by atoms with E-state index >= 15 is 0 Å². The molecule has 0 saturated carbocycles. The number of esters is 4. The van der Waals surface area contributed by atoms with E-state index < -0.39 is 97.5 Å². The largest absolute Gasteiger partial charge is 0.472 e. The van der Waals surface area contributed by atoms with Gasteiger partial charge in [-0.3, -0.25) is 37.3 Å². The molecular weight excluding hydrogens is 1190 g/mol. The van der Waals surface area contributed by atoms with Crippen LogP contribution in [0.4, 0.5) is 0 Å². The van der Waals surface area contributed by atoms with Crippen LogP contribution >= 0.6 is 15.6 Å². The van der Waals surface area contributed by atoms with Crippen molar-refractivity contribution in [2.24, 2.45) is 23.7 Å². The average molecular weight is 1330 g/mol. The molecule has 0 rings (SSSR count). The fourth-order valence-corrected chi connectivity index (χ4v) is 12.2. The van der Waals surface area contributed by atoms with Crippen molar-refractivity contribution in [3.05, 3.63) is 0 Å². The lowest BCUT2D eigenvalue weighted by Crippen LogP contribution is -2.30. The Labute approximate surface area is 549 Å². The average Bonchev–Trinajstić information content (AvgIpc) is 3.64. The summed E-state index contributed by atoms with van der Waals surface area (Å²) in [6.45, 7) is 14.1. The van der Waals surface area contributed by atoms with Crippen LogP contribution in [0.5, 0.6) is 0 Å². The molecule has 0 aliphatic carbocycles. The van der Waals surface area contributed by atoms with Crippen LogP contribution in [-0.4, -0.2) is 96.7 Å². The number of phosphoric ester groups is 2. The Bertz CT molecular complexity index is 1790. The number of hydrogen-bond acceptors (Lipinski definition) is 15. The number of unbranched alkanes of at least 4 members (excludes halogenated alkanes) is 32. The minimum absolute atomic E-state index is 0.104. The predicted octanol–water partition coefficient (Wildman–Crippen LogP) is 20.1. The number of aliphatic hydroxyl groups is 1. The zero-order valence-corrected chi connectivity index (χ0v) is 60.6. The monoisotopic (exact) mass is 1320 g/mol. The van der Waals surface area contributed by atoms with E-state index in [1.807, 2.05) is 0 Å². The molecule has 19 heteroatoms. The summed E-state index contributed by atoms with van der Waals surface area (Å²) < 4.78 is 68.3. The van der Waals surface area contributed by atoms with Crippen molar-refractivity contribution < 1.29 is 80.2 Å². The van der Waals surface area contributed by atoms with E-state index in [4.69, 9.17) is 37.0 Å². The number of ether oxygens (including phenoxy) is 4. The van der Waals surface area contributed by atoms with Crippen molar-refractivity contribution in [1.82, 2.24) is 0 Å². The molecule has 0 aromatic rings. The van der Waals surface area contributed by atoms with Crippen LogP contribution in [0.25, 0.3) is 0 Å². The molecule has 0 aliphatic heterocycles. The third-order valence-electron chi connectivity index (χ3n) is 17.0. The smallest absolute Gasteiger partial charge is 0.462 e. The second-order valence-electron chi connectivity index (χ2n) is 27.1. The van der Waals surface area contributed by atoms with Gasteiger partial charge in [-0.1, -0.05) is 299 Å². The molecule has 0 spiro atoms. The summed E-state index contributed by atoms with van der Waals surface area (Å²) in [6, 6.07) is 0. The molecule has 7 atom stereocenters. The Morgan fingerprint density at radius 1 is 0.311 bits per heavy atom. The van der Waals surface area contributed by atoms with Gasteiger partial charge in [-0.2, -0.15) is 0 Å². The van der Waals surface area contributed by atoms with Crippen molar-refractivity contribution in [2.45, 2.75) is 369 Å². The van der Waals surface area contributed by atoms with Gasteiger partial charge in [0.2, 0.25) is 0 Å². The molecule has 4 unspecified atom stereocenters. The van der Waals surface area contributed by atoms with Crippen molar-refractivity contribution in [3.8, 4) is 0 Å². The number of carbonyl (C=O) groups excluding carboxylic acids is 4. The molecule has 90 heavy (non-hydrogen) atoms. The molecule has 0 heterocycles. The minimum Gasteiger partial charge on any atom is -0.462 e. The highest BCUT2D eigenvalue weighted by molar-refractivity contribution is 7.47. The maximum atomic E-state index is 13.0. The Morgan fingerprint density at radius 2 is 0.533 bits per heavy atom. The third-order valence-corrected chi connectivity index (χ3v) is 18.9. The van der Waals surface area contributed by atoms with Crippen LogP contribution in [0.2, 0.25) is 0 Å². The van der Waals surface area contributed by atoms with E-state index in [1.165, 1.54) is 148 Å². The summed E-state index contributed by atoms with van der Waals surface area (Å²) in [6.07, 6.45) is 43.1. The molecule has 0 aromatic carbocycles. The molecule has 0 amide bonds. The van der Waals surface area contributed by atoms with Gasteiger partial charge in [0.15, 0.2) is 12.2 Å². The number of carbonyl (C=O) groups is 4. The topological polar surface area (TPSA) is 237 Å². The predicted molar refractivity (Wildman–Crippen MR) is 363 cm³/mol. The quantitative estimate of drug-likeness (QED) is 0.0222. The Morgan fingerprint density at radius 3 is 0.789 bits per heavy atom. The van der Waals surface area contributed by atoms with Crippen LogP contribution in [-0.2, 0) is 65.4 Å². The van der Waals surface area contributed by atoms with Gasteiger partial charge >= 0.3 is 39.5 Å². The van der Waals surface area contributed by atoms with E-state index in [-0.39, 0.29) is 25.7 Å². The van der Waals surface area contributed by atoms with Gasteiger partial charge in [-0.15, -0.1) is 0 Å². The maximum Gasteiger partial charge on any atom is 0.472 e. The van der Waals surface area contributed by atoms with Crippen molar-refractivity contribution >= 4 is 39.5 Å². The summed E-state index contributed by atoms with van der Waals surface area (Å²) in [4.78, 5) is 72.6. The van der Waals surface area contributed by atoms with Gasteiger partial charge in [0, 0.05) is 25.7 Å². The summed E-state index contributed by atoms with van der Waals surface area (Å²) >= 11 is 0. The Hall–Kier alpha value is -1.94. The van der Waals surface area contributed by atoms with Gasteiger partial charge in [0.25, 0.3) is 0 Å². The number of hydrogen-bond donors (Lipinski definition) is 3. The van der Waals surface area contributed by atoms with Gasteiger partial charge in [0.05, 0.1) is 26.4 Å². The second kappa shape index (κ2) is 60.7. The van der Waals surface area contributed by atoms with E-state index in [1.54, 1.807) is 0 Å². The molecule has 0 aromatic heterocycles. The Kier molecular flexibility index (Phi) is 59.4. The van der Waals surface area contributed by atoms with Crippen LogP contribution in [0.1, 0.15) is 351 Å². The van der Waals surface area contributed by atoms with Crippen LogP contribution in [0.15, 0.2) is 0 Å². The molecule has 0 bridgehead atoms. The molecular formula is C71H138O17P2. The SMILES string of the molecule is CCC(C)CCCCCCCCCCC(=O)OC[C@H](COP(=O)(O)OC[C@@H](O)COP(=O)(O)OC[C@@H](COC(=O)CCCCCCCCC(C)C)OC(=O)CCCCCCCCCCCCCCCCC(C)C)OC(=O)CCCCCCCCCCC(C)CC. The number of phosphoric acid groups is 2. The second-order valence-corrected chi connectivity index (χ2v) is 30.0. The molecule has 0 saturated heterocycles. The third kappa shape index (κ3) is 62.2. The van der Waals surface area contributed by atoms with Gasteiger partial charge in [-0.05, 0) is 49.4 Å². The van der Waals surface area contributed by atoms with Crippen molar-refractivity contribution in [2.75, 3.05) is 39.6 Å². The molecule has 534 valence electrons. The first-order valence-corrected chi connectivity index (χ1v) is 39.8. The maximum absolute atomic E-state index is 13.0. The fourth-order valence-electron chi connectivity index (χ4n) is 10.6. The lowest BCUT2D eigenvalue weighted by Gasteiger charge is -2.21. The normalized spacial score (nSPS) is 14.9. The van der Waals surface area contributed by atoms with Crippen molar-refractivity contribution in [1.29, 1.82) is 0 Å². The molecule has 3 N–H and O–H groups in total.